The van der Waals surface area contributed by atoms with Crippen LogP contribution in [0.3, 0.4) is 0 Å². The van der Waals surface area contributed by atoms with Gasteiger partial charge in [-0.2, -0.15) is 0 Å². The Hall–Kier alpha value is -3.91. The smallest absolute Gasteiger partial charge is 0.407 e. The minimum absolute atomic E-state index is 0.0145. The first-order valence-corrected chi connectivity index (χ1v) is 12.9. The number of carbonyl (C=O) groups excluding carboxylic acids is 2. The molecule has 2 aromatic rings. The molecule has 1 aromatic carbocycles. The van der Waals surface area contributed by atoms with Crippen molar-refractivity contribution in [2.75, 3.05) is 37.8 Å². The Labute approximate surface area is 224 Å². The monoisotopic (exact) mass is 547 g/mol. The van der Waals surface area contributed by atoms with Gasteiger partial charge in [0.2, 0.25) is 11.8 Å². The number of benzene rings is 1. The molecule has 38 heavy (non-hydrogen) atoms. The second-order valence-corrected chi connectivity index (χ2v) is 10.3. The van der Waals surface area contributed by atoms with Crippen LogP contribution in [0, 0.1) is 5.92 Å². The zero-order chi connectivity index (χ0) is 27.8. The summed E-state index contributed by atoms with van der Waals surface area (Å²) >= 11 is 1.44. The summed E-state index contributed by atoms with van der Waals surface area (Å²) in [6.07, 6.45) is -1.84. The molecule has 4 amide bonds. The summed E-state index contributed by atoms with van der Waals surface area (Å²) in [7, 11) is 3.54. The van der Waals surface area contributed by atoms with Crippen LogP contribution in [0.2, 0.25) is 0 Å². The van der Waals surface area contributed by atoms with Crippen LogP contribution in [0.25, 0.3) is 0 Å². The van der Waals surface area contributed by atoms with Crippen molar-refractivity contribution in [1.29, 1.82) is 0 Å². The number of carboxylic acid groups (broad SMARTS) is 2. The van der Waals surface area contributed by atoms with Crippen LogP contribution in [0.4, 0.5) is 20.4 Å². The molecular formula is C24H33N7O6S. The summed E-state index contributed by atoms with van der Waals surface area (Å²) in [6.45, 7) is 3.60. The van der Waals surface area contributed by atoms with Crippen LogP contribution < -0.4 is 21.3 Å². The molecule has 3 rings (SSSR count). The van der Waals surface area contributed by atoms with Gasteiger partial charge in [-0.3, -0.25) is 25.1 Å². The first-order valence-electron chi connectivity index (χ1n) is 12.0. The van der Waals surface area contributed by atoms with E-state index in [2.05, 4.69) is 20.5 Å². The van der Waals surface area contributed by atoms with Crippen molar-refractivity contribution >= 4 is 46.2 Å². The fraction of sp³-hybridized carbons (Fsp3) is 0.458. The van der Waals surface area contributed by atoms with E-state index in [1.807, 2.05) is 22.8 Å². The van der Waals surface area contributed by atoms with E-state index in [0.29, 0.717) is 36.8 Å². The minimum atomic E-state index is -1.38. The number of likely N-dealkylation sites (tertiary alicyclic amines) is 1. The van der Waals surface area contributed by atoms with Crippen molar-refractivity contribution in [3.63, 3.8) is 0 Å². The normalized spacial score (nSPS) is 15.2. The molecule has 0 aliphatic carbocycles. The summed E-state index contributed by atoms with van der Waals surface area (Å²) < 4.78 is 0. The van der Waals surface area contributed by atoms with Gasteiger partial charge in [0, 0.05) is 44.7 Å². The molecule has 1 saturated heterocycles. The van der Waals surface area contributed by atoms with Crippen molar-refractivity contribution in [2.24, 2.45) is 5.92 Å². The molecule has 13 nitrogen and oxygen atoms in total. The van der Waals surface area contributed by atoms with E-state index in [4.69, 9.17) is 10.2 Å². The maximum absolute atomic E-state index is 12.4. The molecule has 1 aliphatic heterocycles. The first-order chi connectivity index (χ1) is 18.0. The van der Waals surface area contributed by atoms with Crippen molar-refractivity contribution in [1.82, 2.24) is 25.4 Å². The van der Waals surface area contributed by atoms with Gasteiger partial charge in [0.05, 0.1) is 11.6 Å². The van der Waals surface area contributed by atoms with E-state index in [1.165, 1.54) is 18.3 Å². The Kier molecular flexibility index (Phi) is 9.85. The molecule has 206 valence electrons. The van der Waals surface area contributed by atoms with Gasteiger partial charge in [0.1, 0.15) is 0 Å². The van der Waals surface area contributed by atoms with Crippen LogP contribution in [0.1, 0.15) is 29.5 Å². The number of hydrogen-bond donors (Lipinski definition) is 6. The topological polar surface area (TPSA) is 176 Å². The number of anilines is 2. The summed E-state index contributed by atoms with van der Waals surface area (Å²) in [6, 6.07) is 7.18. The van der Waals surface area contributed by atoms with Gasteiger partial charge in [-0.15, -0.1) is 11.3 Å². The first kappa shape index (κ1) is 28.7. The number of nitrogens with one attached hydrogen (secondary N) is 4. The average Bonchev–Trinajstić information content (AvgIpc) is 3.43. The molecule has 1 fully saturated rings. The zero-order valence-electron chi connectivity index (χ0n) is 21.5. The highest BCUT2D eigenvalue weighted by molar-refractivity contribution is 7.15. The molecule has 0 radical (unpaired) electrons. The number of amides is 4. The summed E-state index contributed by atoms with van der Waals surface area (Å²) in [5, 5.41) is 27.9. The maximum Gasteiger partial charge on any atom is 0.407 e. The Morgan fingerprint density at radius 3 is 2.34 bits per heavy atom. The number of carbonyl (C=O) groups is 4. The summed E-state index contributed by atoms with van der Waals surface area (Å²) in [5.41, 5.74) is 2.42. The Morgan fingerprint density at radius 2 is 1.76 bits per heavy atom. The van der Waals surface area contributed by atoms with E-state index in [1.54, 1.807) is 31.1 Å². The lowest BCUT2D eigenvalue weighted by Crippen LogP contribution is -2.52. The Balaban J connectivity index is 1.64. The van der Waals surface area contributed by atoms with E-state index in [9.17, 15) is 19.2 Å². The van der Waals surface area contributed by atoms with Crippen LogP contribution >= 0.6 is 11.3 Å². The van der Waals surface area contributed by atoms with Gasteiger partial charge < -0.3 is 25.7 Å². The minimum Gasteiger partial charge on any atom is -0.465 e. The zero-order valence-corrected chi connectivity index (χ0v) is 22.3. The van der Waals surface area contributed by atoms with Gasteiger partial charge >= 0.3 is 12.2 Å². The number of aromatic nitrogens is 1. The predicted molar refractivity (Wildman–Crippen MR) is 142 cm³/mol. The molecule has 2 heterocycles. The SMILES string of the molecule is CC(=O)Nc1nc(CCc2ccc(NC(NC(=O)O)NC(=O)O)cc2)c(CN2CC[C@H](C(=O)N(C)C)C2)s1. The molecule has 0 saturated carbocycles. The highest BCUT2D eigenvalue weighted by Gasteiger charge is 2.30. The molecule has 0 bridgehead atoms. The maximum atomic E-state index is 12.4. The molecular weight excluding hydrogens is 514 g/mol. The van der Waals surface area contributed by atoms with Crippen molar-refractivity contribution in [3.05, 3.63) is 40.4 Å². The molecule has 14 heteroatoms. The fourth-order valence-corrected chi connectivity index (χ4v) is 5.30. The summed E-state index contributed by atoms with van der Waals surface area (Å²) in [4.78, 5) is 55.3. The fourth-order valence-electron chi connectivity index (χ4n) is 4.20. The van der Waals surface area contributed by atoms with E-state index < -0.39 is 18.5 Å². The number of hydrogen-bond acceptors (Lipinski definition) is 8. The quantitative estimate of drug-likeness (QED) is 0.230. The van der Waals surface area contributed by atoms with Crippen molar-refractivity contribution in [3.8, 4) is 0 Å². The van der Waals surface area contributed by atoms with Crippen LogP contribution in [-0.4, -0.2) is 82.5 Å². The molecule has 0 unspecified atom stereocenters. The largest absolute Gasteiger partial charge is 0.465 e. The average molecular weight is 548 g/mol. The number of thiazole rings is 1. The second kappa shape index (κ2) is 13.1. The Bertz CT molecular complexity index is 1140. The van der Waals surface area contributed by atoms with Crippen LogP contribution in [0.5, 0.6) is 0 Å². The van der Waals surface area contributed by atoms with Crippen molar-refractivity contribution in [2.45, 2.75) is 39.0 Å². The number of aryl methyl sites for hydroxylation is 2. The second-order valence-electron chi connectivity index (χ2n) is 9.20. The Morgan fingerprint density at radius 1 is 1.11 bits per heavy atom. The number of nitrogens with zero attached hydrogens (tertiary/aromatic N) is 3. The lowest BCUT2D eigenvalue weighted by atomic mass is 10.1. The summed E-state index contributed by atoms with van der Waals surface area (Å²) in [5.74, 6) is -0.0668. The van der Waals surface area contributed by atoms with E-state index in [0.717, 1.165) is 29.1 Å². The third-order valence-corrected chi connectivity index (χ3v) is 6.94. The standard InChI is InChI=1S/C24H33N7O6S/c1-14(32)25-22-27-18(19(38-22)13-31-11-10-16(12-31)20(33)30(2)3)9-6-15-4-7-17(8-5-15)26-21(28-23(34)35)29-24(36)37/h4-5,7-8,16,21,26,28-29H,6,9-13H2,1-3H3,(H,34,35)(H,36,37)(H,25,27,32)/t16-/m0/s1. The van der Waals surface area contributed by atoms with Gasteiger partial charge in [-0.05, 0) is 43.5 Å². The molecule has 1 aromatic heterocycles. The lowest BCUT2D eigenvalue weighted by Gasteiger charge is -2.19. The van der Waals surface area contributed by atoms with Gasteiger partial charge in [-0.1, -0.05) is 12.1 Å². The third-order valence-electron chi connectivity index (χ3n) is 5.94. The van der Waals surface area contributed by atoms with Gasteiger partial charge in [0.25, 0.3) is 0 Å². The van der Waals surface area contributed by atoms with Crippen LogP contribution in [0.15, 0.2) is 24.3 Å². The predicted octanol–water partition coefficient (Wildman–Crippen LogP) is 2.03. The van der Waals surface area contributed by atoms with Gasteiger partial charge in [0.15, 0.2) is 11.4 Å². The van der Waals surface area contributed by atoms with Gasteiger partial charge in [-0.25, -0.2) is 14.6 Å². The number of rotatable bonds is 11. The highest BCUT2D eigenvalue weighted by atomic mass is 32.1. The molecule has 6 N–H and O–H groups in total. The van der Waals surface area contributed by atoms with Crippen LogP contribution in [-0.2, 0) is 29.0 Å². The lowest BCUT2D eigenvalue weighted by molar-refractivity contribution is -0.132. The molecule has 1 aliphatic rings. The van der Waals surface area contributed by atoms with Crippen molar-refractivity contribution < 1.29 is 29.4 Å². The van der Waals surface area contributed by atoms with E-state index >= 15 is 0 Å². The third kappa shape index (κ3) is 8.59. The molecule has 1 atom stereocenters. The molecule has 0 spiro atoms. The highest BCUT2D eigenvalue weighted by Crippen LogP contribution is 2.28. The van der Waals surface area contributed by atoms with E-state index in [-0.39, 0.29) is 17.7 Å².